The summed E-state index contributed by atoms with van der Waals surface area (Å²) in [5, 5.41) is 11.9. The van der Waals surface area contributed by atoms with Crippen molar-refractivity contribution < 1.29 is 19.4 Å². The lowest BCUT2D eigenvalue weighted by Gasteiger charge is -2.27. The monoisotopic (exact) mass is 257 g/mol. The zero-order valence-corrected chi connectivity index (χ0v) is 11.4. The van der Waals surface area contributed by atoms with Crippen LogP contribution in [-0.4, -0.2) is 36.7 Å². The first-order valence-electron chi connectivity index (χ1n) is 6.40. The van der Waals surface area contributed by atoms with E-state index in [1.165, 1.54) is 0 Å². The highest BCUT2D eigenvalue weighted by molar-refractivity contribution is 5.97. The molecule has 0 aromatic carbocycles. The number of aliphatic carboxylic acids is 1. The van der Waals surface area contributed by atoms with Crippen LogP contribution in [0.3, 0.4) is 0 Å². The van der Waals surface area contributed by atoms with E-state index in [1.54, 1.807) is 20.8 Å². The Morgan fingerprint density at radius 3 is 2.33 bits per heavy atom. The predicted octanol–water partition coefficient (Wildman–Crippen LogP) is 1.28. The summed E-state index contributed by atoms with van der Waals surface area (Å²) in [5.41, 5.74) is -0.578. The number of carboxylic acid groups (broad SMARTS) is 1. The van der Waals surface area contributed by atoms with Crippen LogP contribution < -0.4 is 5.32 Å². The minimum atomic E-state index is -1.06. The van der Waals surface area contributed by atoms with Gasteiger partial charge in [-0.15, -0.1) is 0 Å². The van der Waals surface area contributed by atoms with Gasteiger partial charge in [0.25, 0.3) is 0 Å². The summed E-state index contributed by atoms with van der Waals surface area (Å²) in [6.07, 6.45) is 1.85. The smallest absolute Gasteiger partial charge is 0.316 e. The molecular formula is C13H23NO4. The van der Waals surface area contributed by atoms with Gasteiger partial charge in [0.2, 0.25) is 5.91 Å². The number of ether oxygens (including phenoxy) is 1. The molecule has 0 bridgehead atoms. The van der Waals surface area contributed by atoms with Crippen molar-refractivity contribution >= 4 is 11.9 Å². The third-order valence-electron chi connectivity index (χ3n) is 3.28. The van der Waals surface area contributed by atoms with Crippen LogP contribution in [0.1, 0.15) is 33.6 Å². The second kappa shape index (κ2) is 6.18. The summed E-state index contributed by atoms with van der Waals surface area (Å²) in [6.45, 7) is 7.28. The first kappa shape index (κ1) is 15.0. The van der Waals surface area contributed by atoms with Gasteiger partial charge in [0, 0.05) is 19.8 Å². The molecule has 0 saturated carbocycles. The number of carboxylic acids is 1. The van der Waals surface area contributed by atoms with E-state index >= 15 is 0 Å². The van der Waals surface area contributed by atoms with E-state index in [9.17, 15) is 9.59 Å². The quantitative estimate of drug-likeness (QED) is 0.744. The molecule has 1 amide bonds. The molecule has 1 aliphatic heterocycles. The molecule has 1 saturated heterocycles. The molecular weight excluding hydrogens is 234 g/mol. The van der Waals surface area contributed by atoms with Gasteiger partial charge in [-0.1, -0.05) is 20.8 Å². The lowest BCUT2D eigenvalue weighted by Crippen LogP contribution is -2.44. The number of hydrogen-bond donors (Lipinski definition) is 2. The normalized spacial score (nSPS) is 19.3. The predicted molar refractivity (Wildman–Crippen MR) is 67.1 cm³/mol. The fraction of sp³-hybridized carbons (Fsp3) is 0.846. The molecule has 1 rings (SSSR count). The van der Waals surface area contributed by atoms with Gasteiger partial charge < -0.3 is 15.2 Å². The second-order valence-electron chi connectivity index (χ2n) is 5.94. The minimum Gasteiger partial charge on any atom is -0.481 e. The Morgan fingerprint density at radius 2 is 1.89 bits per heavy atom. The molecule has 0 aromatic rings. The fourth-order valence-electron chi connectivity index (χ4n) is 2.17. The molecule has 0 aliphatic carbocycles. The zero-order chi connectivity index (χ0) is 13.8. The first-order valence-corrected chi connectivity index (χ1v) is 6.40. The van der Waals surface area contributed by atoms with Crippen LogP contribution >= 0.6 is 0 Å². The molecule has 0 radical (unpaired) electrons. The van der Waals surface area contributed by atoms with Gasteiger partial charge in [0.1, 0.15) is 5.92 Å². The molecule has 0 spiro atoms. The van der Waals surface area contributed by atoms with Crippen LogP contribution in [0, 0.1) is 17.3 Å². The van der Waals surface area contributed by atoms with E-state index in [1.807, 2.05) is 0 Å². The molecule has 1 atom stereocenters. The maximum absolute atomic E-state index is 12.0. The van der Waals surface area contributed by atoms with Gasteiger partial charge in [0.15, 0.2) is 0 Å². The van der Waals surface area contributed by atoms with Crippen molar-refractivity contribution in [2.45, 2.75) is 33.6 Å². The Labute approximate surface area is 108 Å². The van der Waals surface area contributed by atoms with E-state index < -0.39 is 17.3 Å². The zero-order valence-electron chi connectivity index (χ0n) is 11.4. The van der Waals surface area contributed by atoms with Crippen LogP contribution in [0.15, 0.2) is 0 Å². The van der Waals surface area contributed by atoms with Crippen LogP contribution in [0.2, 0.25) is 0 Å². The molecule has 5 nitrogen and oxygen atoms in total. The van der Waals surface area contributed by atoms with E-state index in [0.717, 1.165) is 26.1 Å². The number of carbonyl (C=O) groups is 2. The second-order valence-corrected chi connectivity index (χ2v) is 5.94. The van der Waals surface area contributed by atoms with Gasteiger partial charge in [-0.2, -0.15) is 0 Å². The van der Waals surface area contributed by atoms with Crippen LogP contribution in [0.5, 0.6) is 0 Å². The Hall–Kier alpha value is -1.10. The molecule has 5 heteroatoms. The number of carbonyl (C=O) groups excluding carboxylic acids is 1. The van der Waals surface area contributed by atoms with E-state index in [2.05, 4.69) is 5.32 Å². The fourth-order valence-corrected chi connectivity index (χ4v) is 2.17. The number of hydrogen-bond acceptors (Lipinski definition) is 3. The third kappa shape index (κ3) is 4.29. The minimum absolute atomic E-state index is 0.388. The first-order chi connectivity index (χ1) is 8.32. The van der Waals surface area contributed by atoms with Gasteiger partial charge in [-0.05, 0) is 24.2 Å². The van der Waals surface area contributed by atoms with Gasteiger partial charge >= 0.3 is 5.97 Å². The topological polar surface area (TPSA) is 75.6 Å². The van der Waals surface area contributed by atoms with Crippen LogP contribution in [-0.2, 0) is 14.3 Å². The van der Waals surface area contributed by atoms with Gasteiger partial charge in [-0.3, -0.25) is 9.59 Å². The molecule has 104 valence electrons. The Balaban J connectivity index is 2.49. The van der Waals surface area contributed by atoms with Crippen molar-refractivity contribution in [1.82, 2.24) is 5.32 Å². The number of amides is 1. The highest BCUT2D eigenvalue weighted by atomic mass is 16.5. The summed E-state index contributed by atoms with van der Waals surface area (Å²) in [6, 6.07) is 0. The van der Waals surface area contributed by atoms with E-state index in [4.69, 9.17) is 9.84 Å². The third-order valence-corrected chi connectivity index (χ3v) is 3.28. The molecule has 18 heavy (non-hydrogen) atoms. The maximum atomic E-state index is 12.0. The lowest BCUT2D eigenvalue weighted by molar-refractivity contribution is -0.151. The van der Waals surface area contributed by atoms with Gasteiger partial charge in [0.05, 0.1) is 0 Å². The Morgan fingerprint density at radius 1 is 1.33 bits per heavy atom. The highest BCUT2D eigenvalue weighted by Crippen LogP contribution is 2.26. The highest BCUT2D eigenvalue weighted by Gasteiger charge is 2.37. The summed E-state index contributed by atoms with van der Waals surface area (Å²) in [7, 11) is 0. The molecule has 1 aliphatic rings. The maximum Gasteiger partial charge on any atom is 0.316 e. The van der Waals surface area contributed by atoms with E-state index in [-0.39, 0.29) is 5.91 Å². The number of nitrogens with one attached hydrogen (secondary N) is 1. The molecule has 1 heterocycles. The van der Waals surface area contributed by atoms with Crippen molar-refractivity contribution in [2.75, 3.05) is 19.8 Å². The summed E-state index contributed by atoms with van der Waals surface area (Å²) < 4.78 is 5.24. The summed E-state index contributed by atoms with van der Waals surface area (Å²) in [4.78, 5) is 23.1. The van der Waals surface area contributed by atoms with Gasteiger partial charge in [-0.25, -0.2) is 0 Å². The van der Waals surface area contributed by atoms with E-state index in [0.29, 0.717) is 12.5 Å². The van der Waals surface area contributed by atoms with Crippen LogP contribution in [0.4, 0.5) is 0 Å². The molecule has 1 fully saturated rings. The van der Waals surface area contributed by atoms with Crippen LogP contribution in [0.25, 0.3) is 0 Å². The molecule has 0 aromatic heterocycles. The van der Waals surface area contributed by atoms with Crippen molar-refractivity contribution in [2.24, 2.45) is 17.3 Å². The lowest BCUT2D eigenvalue weighted by atomic mass is 9.80. The van der Waals surface area contributed by atoms with Crippen molar-refractivity contribution in [3.8, 4) is 0 Å². The Kier molecular flexibility index (Phi) is 5.14. The molecule has 2 N–H and O–H groups in total. The largest absolute Gasteiger partial charge is 0.481 e. The number of rotatable bonds is 4. The average Bonchev–Trinajstić information content (AvgIpc) is 2.25. The molecule has 1 unspecified atom stereocenters. The summed E-state index contributed by atoms with van der Waals surface area (Å²) >= 11 is 0. The Bertz CT molecular complexity index is 303. The standard InChI is InChI=1S/C13H23NO4/c1-13(2,3)10(12(16)17)11(15)14-8-9-4-6-18-7-5-9/h9-10H,4-8H2,1-3H3,(H,14,15)(H,16,17). The van der Waals surface area contributed by atoms with Crippen molar-refractivity contribution in [3.63, 3.8) is 0 Å². The van der Waals surface area contributed by atoms with Crippen molar-refractivity contribution in [1.29, 1.82) is 0 Å². The van der Waals surface area contributed by atoms with Crippen molar-refractivity contribution in [3.05, 3.63) is 0 Å². The summed E-state index contributed by atoms with van der Waals surface area (Å²) in [5.74, 6) is -2.05. The SMILES string of the molecule is CC(C)(C)C(C(=O)O)C(=O)NCC1CCOCC1. The average molecular weight is 257 g/mol.